The lowest BCUT2D eigenvalue weighted by atomic mass is 10.3. The maximum atomic E-state index is 4.36. The number of para-hydroxylation sites is 2. The molecule has 6 nitrogen and oxygen atoms in total. The lowest BCUT2D eigenvalue weighted by Crippen LogP contribution is -1.85. The Balaban J connectivity index is 0.000000122. The van der Waals surface area contributed by atoms with Crippen molar-refractivity contribution in [3.8, 4) is 0 Å². The zero-order valence-electron chi connectivity index (χ0n) is 11.6. The fourth-order valence-electron chi connectivity index (χ4n) is 2.22. The third-order valence-electron chi connectivity index (χ3n) is 3.26. The van der Waals surface area contributed by atoms with Gasteiger partial charge in [0.1, 0.15) is 5.65 Å². The number of nitrogens with zero attached hydrogens (tertiary/aromatic N) is 4. The molecule has 6 heteroatoms. The van der Waals surface area contributed by atoms with Crippen molar-refractivity contribution in [3.63, 3.8) is 0 Å². The molecule has 0 spiro atoms. The molecule has 0 saturated carbocycles. The Labute approximate surface area is 125 Å². The van der Waals surface area contributed by atoms with Crippen LogP contribution in [0.1, 0.15) is 0 Å². The SMILES string of the molecule is c1ccc2nc3[nH]cnc3nc2c1.c1cnc2[nH]ccc2c1. The van der Waals surface area contributed by atoms with Crippen molar-refractivity contribution < 1.29 is 0 Å². The lowest BCUT2D eigenvalue weighted by Gasteiger charge is -1.93. The number of benzene rings is 1. The monoisotopic (exact) mass is 288 g/mol. The van der Waals surface area contributed by atoms with Gasteiger partial charge in [-0.05, 0) is 30.3 Å². The number of pyridine rings is 1. The molecule has 4 aromatic heterocycles. The van der Waals surface area contributed by atoms with Crippen LogP contribution < -0.4 is 0 Å². The van der Waals surface area contributed by atoms with Crippen LogP contribution in [0, 0.1) is 0 Å². The maximum Gasteiger partial charge on any atom is 0.197 e. The van der Waals surface area contributed by atoms with Crippen LogP contribution in [0.15, 0.2) is 61.2 Å². The highest BCUT2D eigenvalue weighted by atomic mass is 15.0. The van der Waals surface area contributed by atoms with Gasteiger partial charge in [0.25, 0.3) is 0 Å². The fraction of sp³-hybridized carbons (Fsp3) is 0. The first-order valence-corrected chi connectivity index (χ1v) is 6.84. The average Bonchev–Trinajstić information content (AvgIpc) is 3.21. The zero-order valence-corrected chi connectivity index (χ0v) is 11.6. The van der Waals surface area contributed by atoms with Crippen LogP contribution in [-0.4, -0.2) is 29.9 Å². The summed E-state index contributed by atoms with van der Waals surface area (Å²) in [5, 5.41) is 1.16. The molecule has 4 heterocycles. The predicted molar refractivity (Wildman–Crippen MR) is 85.3 cm³/mol. The molecule has 0 saturated heterocycles. The first kappa shape index (κ1) is 12.5. The van der Waals surface area contributed by atoms with Gasteiger partial charge in [-0.1, -0.05) is 12.1 Å². The van der Waals surface area contributed by atoms with Gasteiger partial charge in [0.05, 0.1) is 17.4 Å². The van der Waals surface area contributed by atoms with Gasteiger partial charge in [-0.3, -0.25) is 0 Å². The molecule has 0 atom stereocenters. The Bertz CT molecular complexity index is 966. The van der Waals surface area contributed by atoms with Gasteiger partial charge in [-0.25, -0.2) is 19.9 Å². The lowest BCUT2D eigenvalue weighted by molar-refractivity contribution is 1.32. The predicted octanol–water partition coefficient (Wildman–Crippen LogP) is 3.07. The second kappa shape index (κ2) is 5.25. The van der Waals surface area contributed by atoms with Gasteiger partial charge in [0.2, 0.25) is 0 Å². The van der Waals surface area contributed by atoms with E-state index in [2.05, 4.69) is 29.9 Å². The van der Waals surface area contributed by atoms with Gasteiger partial charge < -0.3 is 9.97 Å². The summed E-state index contributed by atoms with van der Waals surface area (Å²) >= 11 is 0. The number of nitrogens with one attached hydrogen (secondary N) is 2. The molecule has 22 heavy (non-hydrogen) atoms. The highest BCUT2D eigenvalue weighted by Crippen LogP contribution is 2.11. The summed E-state index contributed by atoms with van der Waals surface area (Å²) in [4.78, 5) is 22.8. The van der Waals surface area contributed by atoms with Gasteiger partial charge in [0, 0.05) is 17.8 Å². The van der Waals surface area contributed by atoms with Gasteiger partial charge in [-0.2, -0.15) is 0 Å². The minimum atomic E-state index is 0.665. The van der Waals surface area contributed by atoms with Gasteiger partial charge in [-0.15, -0.1) is 0 Å². The largest absolute Gasteiger partial charge is 0.346 e. The van der Waals surface area contributed by atoms with E-state index in [1.807, 2.05) is 48.7 Å². The van der Waals surface area contributed by atoms with Gasteiger partial charge >= 0.3 is 0 Å². The second-order valence-electron chi connectivity index (χ2n) is 4.71. The van der Waals surface area contributed by atoms with Crippen molar-refractivity contribution in [1.82, 2.24) is 29.9 Å². The van der Waals surface area contributed by atoms with Crippen molar-refractivity contribution >= 4 is 33.4 Å². The summed E-state index contributed by atoms with van der Waals surface area (Å²) < 4.78 is 0. The van der Waals surface area contributed by atoms with Crippen LogP contribution in [0.3, 0.4) is 0 Å². The highest BCUT2D eigenvalue weighted by Gasteiger charge is 2.00. The molecule has 0 bridgehead atoms. The fourth-order valence-corrected chi connectivity index (χ4v) is 2.22. The van der Waals surface area contributed by atoms with Crippen LogP contribution in [0.25, 0.3) is 33.4 Å². The molecule has 0 fully saturated rings. The summed E-state index contributed by atoms with van der Waals surface area (Å²) in [7, 11) is 0. The minimum Gasteiger partial charge on any atom is -0.346 e. The number of aromatic nitrogens is 6. The molecular formula is C16H12N6. The highest BCUT2D eigenvalue weighted by molar-refractivity contribution is 5.82. The van der Waals surface area contributed by atoms with E-state index in [-0.39, 0.29) is 0 Å². The molecule has 0 aliphatic rings. The van der Waals surface area contributed by atoms with Crippen molar-refractivity contribution in [2.24, 2.45) is 0 Å². The number of H-pyrrole nitrogens is 2. The number of hydrogen-bond acceptors (Lipinski definition) is 4. The van der Waals surface area contributed by atoms with E-state index >= 15 is 0 Å². The second-order valence-corrected chi connectivity index (χ2v) is 4.71. The molecule has 5 aromatic rings. The van der Waals surface area contributed by atoms with Crippen LogP contribution in [0.2, 0.25) is 0 Å². The Morgan fingerprint density at radius 1 is 0.727 bits per heavy atom. The molecule has 0 radical (unpaired) electrons. The molecule has 0 aliphatic heterocycles. The Kier molecular flexibility index (Phi) is 2.97. The van der Waals surface area contributed by atoms with Crippen molar-refractivity contribution in [3.05, 3.63) is 61.2 Å². The van der Waals surface area contributed by atoms with Crippen molar-refractivity contribution in [2.45, 2.75) is 0 Å². The van der Waals surface area contributed by atoms with Crippen LogP contribution in [0.4, 0.5) is 0 Å². The number of fused-ring (bicyclic) bond motifs is 3. The molecule has 1 aromatic carbocycles. The zero-order chi connectivity index (χ0) is 14.8. The molecule has 2 N–H and O–H groups in total. The van der Waals surface area contributed by atoms with E-state index < -0.39 is 0 Å². The first-order chi connectivity index (χ1) is 10.9. The molecule has 0 amide bonds. The first-order valence-electron chi connectivity index (χ1n) is 6.84. The van der Waals surface area contributed by atoms with Crippen molar-refractivity contribution in [2.75, 3.05) is 0 Å². The molecule has 0 unspecified atom stereocenters. The van der Waals surface area contributed by atoms with Crippen LogP contribution in [-0.2, 0) is 0 Å². The maximum absolute atomic E-state index is 4.36. The average molecular weight is 288 g/mol. The summed E-state index contributed by atoms with van der Waals surface area (Å²) in [6.07, 6.45) is 5.26. The molecule has 106 valence electrons. The molecule has 0 aliphatic carbocycles. The molecule has 5 rings (SSSR count). The van der Waals surface area contributed by atoms with Crippen LogP contribution in [0.5, 0.6) is 0 Å². The van der Waals surface area contributed by atoms with Gasteiger partial charge in [0.15, 0.2) is 11.3 Å². The van der Waals surface area contributed by atoms with E-state index in [9.17, 15) is 0 Å². The Hall–Kier alpha value is -3.28. The van der Waals surface area contributed by atoms with E-state index in [0.717, 1.165) is 27.7 Å². The standard InChI is InChI=1S/C9H6N4.C7H6N2/c1-2-4-7-6(3-1)12-8-9(13-7)11-5-10-8;1-2-6-3-5-9-7(6)8-4-1/h1-5H,(H,10,11,12,13);1-5H,(H,8,9). The van der Waals surface area contributed by atoms with Crippen LogP contribution >= 0.6 is 0 Å². The normalized spacial score (nSPS) is 10.7. The van der Waals surface area contributed by atoms with E-state index in [1.165, 1.54) is 0 Å². The third kappa shape index (κ3) is 2.26. The smallest absolute Gasteiger partial charge is 0.197 e. The summed E-state index contributed by atoms with van der Waals surface area (Å²) in [6, 6.07) is 13.7. The van der Waals surface area contributed by atoms with E-state index in [1.54, 1.807) is 12.5 Å². The van der Waals surface area contributed by atoms with Crippen molar-refractivity contribution in [1.29, 1.82) is 0 Å². The number of hydrogen-bond donors (Lipinski definition) is 2. The number of imidazole rings is 1. The summed E-state index contributed by atoms with van der Waals surface area (Å²) in [5.74, 6) is 0. The topological polar surface area (TPSA) is 83.1 Å². The number of aromatic amines is 2. The quantitative estimate of drug-likeness (QED) is 0.458. The minimum absolute atomic E-state index is 0.665. The molecular weight excluding hydrogens is 276 g/mol. The summed E-state index contributed by atoms with van der Waals surface area (Å²) in [5.41, 5.74) is 4.12. The number of rotatable bonds is 0. The Morgan fingerprint density at radius 2 is 1.59 bits per heavy atom. The van der Waals surface area contributed by atoms with E-state index in [0.29, 0.717) is 5.65 Å². The Morgan fingerprint density at radius 3 is 2.45 bits per heavy atom. The summed E-state index contributed by atoms with van der Waals surface area (Å²) in [6.45, 7) is 0. The third-order valence-corrected chi connectivity index (χ3v) is 3.26. The van der Waals surface area contributed by atoms with E-state index in [4.69, 9.17) is 0 Å².